The molecular formula is C25H25N3O5. The van der Waals surface area contributed by atoms with E-state index in [0.717, 1.165) is 24.4 Å². The second kappa shape index (κ2) is 8.19. The van der Waals surface area contributed by atoms with Gasteiger partial charge in [0.05, 0.1) is 25.8 Å². The predicted molar refractivity (Wildman–Crippen MR) is 120 cm³/mol. The molecule has 8 heteroatoms. The van der Waals surface area contributed by atoms with Gasteiger partial charge in [-0.25, -0.2) is 4.98 Å². The van der Waals surface area contributed by atoms with E-state index in [1.807, 2.05) is 24.3 Å². The van der Waals surface area contributed by atoms with Crippen molar-refractivity contribution in [2.75, 3.05) is 46.6 Å². The van der Waals surface area contributed by atoms with E-state index in [1.165, 1.54) is 0 Å². The fourth-order valence-corrected chi connectivity index (χ4v) is 5.02. The average Bonchev–Trinajstić information content (AvgIpc) is 3.31. The zero-order valence-electron chi connectivity index (χ0n) is 18.4. The van der Waals surface area contributed by atoms with Crippen LogP contribution < -0.4 is 18.9 Å². The van der Waals surface area contributed by atoms with Crippen molar-refractivity contribution in [2.45, 2.75) is 0 Å². The average molecular weight is 447 g/mol. The number of fused-ring (bicyclic) bond motifs is 3. The molecule has 0 amide bonds. The van der Waals surface area contributed by atoms with Gasteiger partial charge in [-0.2, -0.15) is 0 Å². The van der Waals surface area contributed by atoms with Crippen LogP contribution in [0.5, 0.6) is 23.1 Å². The lowest BCUT2D eigenvalue weighted by Crippen LogP contribution is -2.31. The van der Waals surface area contributed by atoms with Crippen LogP contribution in [0.4, 0.5) is 0 Å². The number of rotatable bonds is 7. The molecule has 1 aliphatic carbocycles. The highest BCUT2D eigenvalue weighted by atomic mass is 16.6. The summed E-state index contributed by atoms with van der Waals surface area (Å²) in [5.74, 6) is 4.42. The maximum Gasteiger partial charge on any atom is 0.213 e. The van der Waals surface area contributed by atoms with Gasteiger partial charge in [-0.3, -0.25) is 14.7 Å². The van der Waals surface area contributed by atoms with Gasteiger partial charge in [0, 0.05) is 42.9 Å². The van der Waals surface area contributed by atoms with Gasteiger partial charge in [0.1, 0.15) is 24.5 Å². The quantitative estimate of drug-likeness (QED) is 0.512. The number of benzene rings is 1. The molecule has 0 bridgehead atoms. The third-order valence-electron chi connectivity index (χ3n) is 6.84. The Hall–Kier alpha value is -3.39. The molecule has 1 saturated carbocycles. The van der Waals surface area contributed by atoms with E-state index in [4.69, 9.17) is 18.9 Å². The smallest absolute Gasteiger partial charge is 0.213 e. The SMILES string of the molecule is COc1ccc2nccc(OCC3[C@H]4CN(CC(=O)c5ccc6c(c5)OCCO6)C[C@@H]34)c2n1. The number of ketones is 1. The molecule has 6 rings (SSSR count). The van der Waals surface area contributed by atoms with Gasteiger partial charge in [-0.15, -0.1) is 0 Å². The van der Waals surface area contributed by atoms with Crippen LogP contribution in [0.25, 0.3) is 11.0 Å². The van der Waals surface area contributed by atoms with E-state index >= 15 is 0 Å². The van der Waals surface area contributed by atoms with Gasteiger partial charge in [-0.05, 0) is 36.1 Å². The molecule has 170 valence electrons. The molecule has 1 saturated heterocycles. The standard InChI is InChI=1S/C25H25N3O5/c1-30-24-5-3-19-25(27-24)22(6-7-26-19)33-14-18-16-11-28(12-17(16)18)13-20(29)15-2-4-21-23(10-15)32-9-8-31-21/h2-7,10,16-18H,8-9,11-14H2,1H3/t16-,17+,18?. The number of methoxy groups -OCH3 is 1. The first kappa shape index (κ1) is 20.2. The number of aromatic nitrogens is 2. The van der Waals surface area contributed by atoms with Gasteiger partial charge < -0.3 is 18.9 Å². The lowest BCUT2D eigenvalue weighted by molar-refractivity contribution is 0.0932. The number of likely N-dealkylation sites (tertiary alicyclic amines) is 1. The Morgan fingerprint density at radius 1 is 1.09 bits per heavy atom. The molecule has 2 aliphatic heterocycles. The molecule has 3 aliphatic rings. The van der Waals surface area contributed by atoms with Crippen LogP contribution >= 0.6 is 0 Å². The minimum absolute atomic E-state index is 0.115. The molecule has 2 aromatic heterocycles. The topological polar surface area (TPSA) is 83.0 Å². The van der Waals surface area contributed by atoms with Crippen molar-refractivity contribution >= 4 is 16.8 Å². The summed E-state index contributed by atoms with van der Waals surface area (Å²) in [5.41, 5.74) is 2.18. The Morgan fingerprint density at radius 3 is 2.73 bits per heavy atom. The van der Waals surface area contributed by atoms with Crippen LogP contribution in [-0.2, 0) is 0 Å². The maximum absolute atomic E-state index is 12.8. The van der Waals surface area contributed by atoms with E-state index in [0.29, 0.717) is 72.6 Å². The monoisotopic (exact) mass is 447 g/mol. The van der Waals surface area contributed by atoms with Crippen molar-refractivity contribution in [3.63, 3.8) is 0 Å². The number of pyridine rings is 2. The van der Waals surface area contributed by atoms with Crippen molar-refractivity contribution < 1.29 is 23.7 Å². The van der Waals surface area contributed by atoms with E-state index in [-0.39, 0.29) is 5.78 Å². The number of Topliss-reactive ketones (excluding diaryl/α,β-unsaturated/α-hetero) is 1. The van der Waals surface area contributed by atoms with Crippen LogP contribution in [0.2, 0.25) is 0 Å². The summed E-state index contributed by atoms with van der Waals surface area (Å²) in [5, 5.41) is 0. The van der Waals surface area contributed by atoms with Crippen molar-refractivity contribution in [3.8, 4) is 23.1 Å². The van der Waals surface area contributed by atoms with E-state index in [1.54, 1.807) is 25.4 Å². The minimum atomic E-state index is 0.115. The van der Waals surface area contributed by atoms with Crippen LogP contribution in [0.15, 0.2) is 42.6 Å². The lowest BCUT2D eigenvalue weighted by Gasteiger charge is -2.21. The van der Waals surface area contributed by atoms with E-state index < -0.39 is 0 Å². The summed E-state index contributed by atoms with van der Waals surface area (Å²) in [6.07, 6.45) is 1.74. The summed E-state index contributed by atoms with van der Waals surface area (Å²) < 4.78 is 22.5. The summed E-state index contributed by atoms with van der Waals surface area (Å²) in [4.78, 5) is 23.9. The molecule has 2 fully saturated rings. The summed E-state index contributed by atoms with van der Waals surface area (Å²) in [6.45, 7) is 4.00. The molecule has 0 N–H and O–H groups in total. The number of carbonyl (C=O) groups is 1. The van der Waals surface area contributed by atoms with Gasteiger partial charge in [0.2, 0.25) is 5.88 Å². The lowest BCUT2D eigenvalue weighted by atomic mass is 10.1. The van der Waals surface area contributed by atoms with Crippen LogP contribution in [0.1, 0.15) is 10.4 Å². The molecule has 3 atom stereocenters. The van der Waals surface area contributed by atoms with Gasteiger partial charge in [-0.1, -0.05) is 0 Å². The molecule has 3 aromatic rings. The molecule has 1 aromatic carbocycles. The highest BCUT2D eigenvalue weighted by molar-refractivity contribution is 5.98. The Bertz CT molecular complexity index is 1200. The van der Waals surface area contributed by atoms with Crippen molar-refractivity contribution in [1.82, 2.24) is 14.9 Å². The first-order valence-electron chi connectivity index (χ1n) is 11.3. The van der Waals surface area contributed by atoms with Gasteiger partial charge in [0.15, 0.2) is 17.3 Å². The fraction of sp³-hybridized carbons (Fsp3) is 0.400. The van der Waals surface area contributed by atoms with Crippen LogP contribution in [0, 0.1) is 17.8 Å². The largest absolute Gasteiger partial charge is 0.491 e. The van der Waals surface area contributed by atoms with Crippen molar-refractivity contribution in [3.05, 3.63) is 48.2 Å². The number of carbonyl (C=O) groups excluding carboxylic acids is 1. The molecule has 0 radical (unpaired) electrons. The number of nitrogens with zero attached hydrogens (tertiary/aromatic N) is 3. The number of piperidine rings is 1. The zero-order valence-corrected chi connectivity index (χ0v) is 18.4. The molecule has 33 heavy (non-hydrogen) atoms. The Labute approximate surface area is 191 Å². The summed E-state index contributed by atoms with van der Waals surface area (Å²) in [6, 6.07) is 11.0. The second-order valence-corrected chi connectivity index (χ2v) is 8.81. The first-order chi connectivity index (χ1) is 16.2. The fourth-order valence-electron chi connectivity index (χ4n) is 5.02. The van der Waals surface area contributed by atoms with Crippen LogP contribution in [-0.4, -0.2) is 67.2 Å². The van der Waals surface area contributed by atoms with Crippen molar-refractivity contribution in [2.24, 2.45) is 17.8 Å². The number of hydrogen-bond donors (Lipinski definition) is 0. The number of hydrogen-bond acceptors (Lipinski definition) is 8. The van der Waals surface area contributed by atoms with Gasteiger partial charge in [0.25, 0.3) is 0 Å². The molecule has 1 unspecified atom stereocenters. The molecular weight excluding hydrogens is 422 g/mol. The predicted octanol–water partition coefficient (Wildman–Crippen LogP) is 2.85. The maximum atomic E-state index is 12.8. The van der Waals surface area contributed by atoms with Crippen LogP contribution in [0.3, 0.4) is 0 Å². The molecule has 0 spiro atoms. The molecule has 4 heterocycles. The Morgan fingerprint density at radius 2 is 1.91 bits per heavy atom. The molecule has 8 nitrogen and oxygen atoms in total. The van der Waals surface area contributed by atoms with E-state index in [9.17, 15) is 4.79 Å². The van der Waals surface area contributed by atoms with E-state index in [2.05, 4.69) is 14.9 Å². The Kier molecular flexibility index (Phi) is 5.02. The normalized spacial score (nSPS) is 23.2. The minimum Gasteiger partial charge on any atom is -0.491 e. The highest BCUT2D eigenvalue weighted by Gasteiger charge is 2.55. The second-order valence-electron chi connectivity index (χ2n) is 8.81. The van der Waals surface area contributed by atoms with Crippen molar-refractivity contribution in [1.29, 1.82) is 0 Å². The zero-order chi connectivity index (χ0) is 22.4. The summed E-state index contributed by atoms with van der Waals surface area (Å²) >= 11 is 0. The third-order valence-corrected chi connectivity index (χ3v) is 6.84. The Balaban J connectivity index is 1.03. The first-order valence-corrected chi connectivity index (χ1v) is 11.3. The van der Waals surface area contributed by atoms with Gasteiger partial charge >= 0.3 is 0 Å². The summed E-state index contributed by atoms with van der Waals surface area (Å²) in [7, 11) is 1.60. The third kappa shape index (κ3) is 3.84. The highest BCUT2D eigenvalue weighted by Crippen LogP contribution is 2.51. The number of ether oxygens (including phenoxy) is 4.